The van der Waals surface area contributed by atoms with Crippen molar-refractivity contribution in [3.8, 4) is 17.2 Å². The average molecular weight is 546 g/mol. The summed E-state index contributed by atoms with van der Waals surface area (Å²) in [5.74, 6) is -0.356. The number of benzene rings is 2. The van der Waals surface area contributed by atoms with E-state index in [1.54, 1.807) is 55.7 Å². The van der Waals surface area contributed by atoms with Crippen molar-refractivity contribution in [2.75, 3.05) is 14.2 Å². The van der Waals surface area contributed by atoms with Gasteiger partial charge in [0.2, 0.25) is 0 Å². The van der Waals surface area contributed by atoms with E-state index < -0.39 is 17.9 Å². The summed E-state index contributed by atoms with van der Waals surface area (Å²) in [6, 6.07) is 9.42. The zero-order chi connectivity index (χ0) is 25.1. The molecule has 0 heterocycles. The van der Waals surface area contributed by atoms with Crippen LogP contribution in [0.3, 0.4) is 0 Å². The molecule has 0 fully saturated rings. The fraction of sp³-hybridized carbons (Fsp3) is 0.333. The van der Waals surface area contributed by atoms with Crippen molar-refractivity contribution in [2.45, 2.75) is 38.1 Å². The van der Waals surface area contributed by atoms with Crippen LogP contribution in [0.1, 0.15) is 48.0 Å². The zero-order valence-corrected chi connectivity index (χ0v) is 22.3. The maximum Gasteiger partial charge on any atom is 0.343 e. The van der Waals surface area contributed by atoms with Crippen molar-refractivity contribution in [1.82, 2.24) is 0 Å². The fourth-order valence-corrected chi connectivity index (χ4v) is 5.03. The molecule has 0 aliphatic heterocycles. The van der Waals surface area contributed by atoms with Gasteiger partial charge in [0.25, 0.3) is 0 Å². The largest absolute Gasteiger partial charge is 0.497 e. The Balaban J connectivity index is 2.03. The van der Waals surface area contributed by atoms with E-state index in [0.29, 0.717) is 41.5 Å². The summed E-state index contributed by atoms with van der Waals surface area (Å²) in [4.78, 5) is 24.2. The van der Waals surface area contributed by atoms with E-state index >= 15 is 0 Å². The summed E-state index contributed by atoms with van der Waals surface area (Å²) in [5, 5.41) is 9.58. The number of carbonyl (C=O) groups excluding carboxylic acids is 1. The van der Waals surface area contributed by atoms with Crippen molar-refractivity contribution in [1.29, 1.82) is 0 Å². The summed E-state index contributed by atoms with van der Waals surface area (Å²) < 4.78 is 15.9. The summed E-state index contributed by atoms with van der Waals surface area (Å²) in [5.41, 5.74) is 1.26. The van der Waals surface area contributed by atoms with E-state index in [0.717, 1.165) is 19.3 Å². The van der Waals surface area contributed by atoms with Crippen LogP contribution in [0.15, 0.2) is 48.0 Å². The first-order valence-corrected chi connectivity index (χ1v) is 15.9. The molecule has 2 aromatic rings. The summed E-state index contributed by atoms with van der Waals surface area (Å²) >= 11 is 17.6. The molecule has 184 valence electrons. The van der Waals surface area contributed by atoms with E-state index in [-0.39, 0.29) is 11.3 Å². The highest BCUT2D eigenvalue weighted by atomic mass is 35.8. The van der Waals surface area contributed by atoms with Crippen molar-refractivity contribution >= 4 is 57.3 Å². The molecule has 0 unspecified atom stereocenters. The lowest BCUT2D eigenvalue weighted by atomic mass is 10.0. The Labute approximate surface area is 214 Å². The number of rotatable bonds is 13. The molecule has 0 bridgehead atoms. The van der Waals surface area contributed by atoms with Crippen molar-refractivity contribution in [3.05, 3.63) is 59.2 Å². The SMILES string of the molecule is COc1ccc(C(=O)Oc2ccc(/C=C(\CCCCCC[Si](Cl)(Cl)Cl)C(=O)O)cc2OC)cc1. The molecule has 0 radical (unpaired) electrons. The third-order valence-electron chi connectivity index (χ3n) is 4.99. The van der Waals surface area contributed by atoms with Crippen LogP contribution in [0, 0.1) is 0 Å². The third kappa shape index (κ3) is 9.58. The molecule has 2 rings (SSSR count). The third-order valence-corrected chi connectivity index (χ3v) is 7.61. The molecular formula is C24H27Cl3O6Si. The monoisotopic (exact) mass is 544 g/mol. The van der Waals surface area contributed by atoms with Crippen LogP contribution in [0.2, 0.25) is 6.04 Å². The Morgan fingerprint density at radius 1 is 0.912 bits per heavy atom. The minimum atomic E-state index is -2.59. The smallest absolute Gasteiger partial charge is 0.343 e. The molecule has 1 N–H and O–H groups in total. The molecule has 0 aromatic heterocycles. The zero-order valence-electron chi connectivity index (χ0n) is 19.0. The number of unbranched alkanes of at least 4 members (excludes halogenated alkanes) is 3. The normalized spacial score (nSPS) is 11.7. The van der Waals surface area contributed by atoms with Crippen LogP contribution >= 0.6 is 33.2 Å². The van der Waals surface area contributed by atoms with Gasteiger partial charge in [-0.3, -0.25) is 0 Å². The minimum absolute atomic E-state index is 0.231. The summed E-state index contributed by atoms with van der Waals surface area (Å²) in [6.45, 7) is 0. The molecule has 2 aromatic carbocycles. The second-order valence-electron chi connectivity index (χ2n) is 7.53. The Bertz CT molecular complexity index is 1000. The molecule has 6 nitrogen and oxygen atoms in total. The number of hydrogen-bond acceptors (Lipinski definition) is 5. The summed E-state index contributed by atoms with van der Waals surface area (Å²) in [7, 11) is 2.99. The van der Waals surface area contributed by atoms with E-state index in [9.17, 15) is 14.7 Å². The second kappa shape index (κ2) is 13.6. The molecule has 0 aliphatic rings. The highest BCUT2D eigenvalue weighted by Crippen LogP contribution is 2.31. The van der Waals surface area contributed by atoms with Gasteiger partial charge >= 0.3 is 17.9 Å². The van der Waals surface area contributed by atoms with Gasteiger partial charge in [0.15, 0.2) is 11.5 Å². The standard InChI is InChI=1S/C24H27Cl3O6Si/c1-31-20-11-9-18(10-12-20)24(30)33-21-13-8-17(16-22(21)32-2)15-19(23(28)29)7-5-3-4-6-14-34(25,26)27/h8-13,15-16H,3-7,14H2,1-2H3,(H,28,29)/b19-15+. The van der Waals surface area contributed by atoms with Gasteiger partial charge in [-0.15, -0.1) is 33.2 Å². The number of halogens is 3. The summed E-state index contributed by atoms with van der Waals surface area (Å²) in [6.07, 6.45) is 5.28. The fourth-order valence-electron chi connectivity index (χ4n) is 3.18. The molecule has 0 spiro atoms. The van der Waals surface area contributed by atoms with Gasteiger partial charge < -0.3 is 19.3 Å². The Hall–Kier alpha value is -2.19. The second-order valence-corrected chi connectivity index (χ2v) is 16.8. The quantitative estimate of drug-likeness (QED) is 0.0729. The first-order chi connectivity index (χ1) is 16.1. The van der Waals surface area contributed by atoms with Crippen LogP contribution in [0.4, 0.5) is 0 Å². The maximum atomic E-state index is 12.5. The topological polar surface area (TPSA) is 82.1 Å². The number of carbonyl (C=O) groups is 2. The van der Waals surface area contributed by atoms with Gasteiger partial charge in [0, 0.05) is 5.57 Å². The van der Waals surface area contributed by atoms with Gasteiger partial charge in [-0.25, -0.2) is 9.59 Å². The van der Waals surface area contributed by atoms with E-state index in [2.05, 4.69) is 0 Å². The Morgan fingerprint density at radius 3 is 2.18 bits per heavy atom. The lowest BCUT2D eigenvalue weighted by Gasteiger charge is -2.11. The van der Waals surface area contributed by atoms with Crippen molar-refractivity contribution < 1.29 is 28.9 Å². The van der Waals surface area contributed by atoms with Gasteiger partial charge in [-0.1, -0.05) is 25.3 Å². The van der Waals surface area contributed by atoms with Crippen LogP contribution in [-0.2, 0) is 4.79 Å². The van der Waals surface area contributed by atoms with Gasteiger partial charge in [0.1, 0.15) is 5.75 Å². The highest BCUT2D eigenvalue weighted by molar-refractivity contribution is 7.64. The van der Waals surface area contributed by atoms with Crippen LogP contribution in [0.25, 0.3) is 6.08 Å². The molecular weight excluding hydrogens is 519 g/mol. The van der Waals surface area contributed by atoms with Crippen LogP contribution in [0.5, 0.6) is 17.2 Å². The molecule has 0 atom stereocenters. The van der Waals surface area contributed by atoms with Gasteiger partial charge in [0.05, 0.1) is 19.8 Å². The Kier molecular flexibility index (Phi) is 11.2. The number of aliphatic carboxylic acids is 1. The lowest BCUT2D eigenvalue weighted by molar-refractivity contribution is -0.132. The Morgan fingerprint density at radius 2 is 1.59 bits per heavy atom. The number of ether oxygens (including phenoxy) is 3. The molecule has 34 heavy (non-hydrogen) atoms. The molecule has 0 saturated heterocycles. The maximum absolute atomic E-state index is 12.5. The van der Waals surface area contributed by atoms with E-state index in [4.69, 9.17) is 47.4 Å². The number of hydrogen-bond donors (Lipinski definition) is 1. The van der Waals surface area contributed by atoms with Gasteiger partial charge in [-0.2, -0.15) is 0 Å². The average Bonchev–Trinajstić information content (AvgIpc) is 2.80. The predicted octanol–water partition coefficient (Wildman–Crippen LogP) is 7.00. The highest BCUT2D eigenvalue weighted by Gasteiger charge is 2.23. The number of carboxylic acid groups (broad SMARTS) is 1. The number of esters is 1. The van der Waals surface area contributed by atoms with Crippen LogP contribution in [-0.4, -0.2) is 37.3 Å². The van der Waals surface area contributed by atoms with Crippen LogP contribution < -0.4 is 14.2 Å². The molecule has 0 aliphatic carbocycles. The van der Waals surface area contributed by atoms with Crippen molar-refractivity contribution in [2.24, 2.45) is 0 Å². The molecule has 10 heteroatoms. The molecule has 0 saturated carbocycles. The number of methoxy groups -OCH3 is 2. The van der Waals surface area contributed by atoms with Crippen molar-refractivity contribution in [3.63, 3.8) is 0 Å². The molecule has 0 amide bonds. The lowest BCUT2D eigenvalue weighted by Crippen LogP contribution is -2.09. The van der Waals surface area contributed by atoms with E-state index in [1.807, 2.05) is 0 Å². The minimum Gasteiger partial charge on any atom is -0.497 e. The predicted molar refractivity (Wildman–Crippen MR) is 138 cm³/mol. The first kappa shape index (κ1) is 28.0. The van der Waals surface area contributed by atoms with E-state index in [1.165, 1.54) is 7.11 Å². The van der Waals surface area contributed by atoms with Gasteiger partial charge in [-0.05, 0) is 66.9 Å². The first-order valence-electron chi connectivity index (χ1n) is 10.7. The number of carboxylic acids is 1.